The van der Waals surface area contributed by atoms with Gasteiger partial charge in [-0.2, -0.15) is 0 Å². The van der Waals surface area contributed by atoms with Gasteiger partial charge in [0.1, 0.15) is 18.2 Å². The van der Waals surface area contributed by atoms with Crippen LogP contribution in [0.5, 0.6) is 0 Å². The quantitative estimate of drug-likeness (QED) is 0.562. The molecule has 0 aliphatic rings. The highest BCUT2D eigenvalue weighted by atomic mass is 15.0. The summed E-state index contributed by atoms with van der Waals surface area (Å²) in [5.41, 5.74) is 6.78. The Morgan fingerprint density at radius 1 is 1.00 bits per heavy atom. The van der Waals surface area contributed by atoms with Crippen LogP contribution in [0.2, 0.25) is 0 Å². The van der Waals surface area contributed by atoms with Crippen LogP contribution in [-0.4, -0.2) is 29.9 Å². The number of hydrogen-bond acceptors (Lipinski definition) is 6. The Hall–Kier alpha value is -2.57. The van der Waals surface area contributed by atoms with Crippen molar-refractivity contribution in [2.75, 3.05) is 5.73 Å². The Bertz CT molecular complexity index is 521. The van der Waals surface area contributed by atoms with E-state index in [9.17, 15) is 0 Å². The van der Waals surface area contributed by atoms with Crippen molar-refractivity contribution in [1.82, 2.24) is 29.9 Å². The normalized spacial score (nSPS) is 9.50. The van der Waals surface area contributed by atoms with Crippen LogP contribution in [-0.2, 0) is 0 Å². The maximum atomic E-state index is 5.48. The van der Waals surface area contributed by atoms with Crippen molar-refractivity contribution in [1.29, 1.82) is 0 Å². The van der Waals surface area contributed by atoms with E-state index < -0.39 is 0 Å². The molecule has 3 aromatic heterocycles. The van der Waals surface area contributed by atoms with Gasteiger partial charge in [-0.3, -0.25) is 0 Å². The number of aromatic nitrogens is 6. The standard InChI is InChI=1S/C5H5N5.C4H4N2/c6-4-3-5(9-1-7-3)10-2-8-4;1-2-5-4-6-3-1/h1-2H,(H3,6,7,8,9,10);1-4H. The molecular formula is C9H9N7. The minimum Gasteiger partial charge on any atom is -0.382 e. The fourth-order valence-corrected chi connectivity index (χ4v) is 1.04. The molecular weight excluding hydrogens is 206 g/mol. The summed E-state index contributed by atoms with van der Waals surface area (Å²) in [6.45, 7) is 0. The van der Waals surface area contributed by atoms with Gasteiger partial charge in [-0.15, -0.1) is 0 Å². The van der Waals surface area contributed by atoms with Gasteiger partial charge < -0.3 is 10.7 Å². The fraction of sp³-hybridized carbons (Fsp3) is 0. The molecule has 0 atom stereocenters. The number of nitrogens with one attached hydrogen (secondary N) is 1. The monoisotopic (exact) mass is 215 g/mol. The van der Waals surface area contributed by atoms with Crippen molar-refractivity contribution >= 4 is 17.0 Å². The Kier molecular flexibility index (Phi) is 2.98. The molecule has 0 aromatic carbocycles. The third-order valence-electron chi connectivity index (χ3n) is 1.73. The van der Waals surface area contributed by atoms with Crippen LogP contribution >= 0.6 is 0 Å². The number of H-pyrrole nitrogens is 1. The lowest BCUT2D eigenvalue weighted by molar-refractivity contribution is 1.17. The molecule has 3 aromatic rings. The molecule has 3 heterocycles. The minimum atomic E-state index is 0.433. The van der Waals surface area contributed by atoms with E-state index in [1.165, 1.54) is 19.0 Å². The van der Waals surface area contributed by atoms with Crippen LogP contribution in [0.25, 0.3) is 11.2 Å². The van der Waals surface area contributed by atoms with Crippen LogP contribution in [0.1, 0.15) is 0 Å². The number of fused-ring (bicyclic) bond motifs is 1. The fourth-order valence-electron chi connectivity index (χ4n) is 1.04. The molecule has 0 fully saturated rings. The van der Waals surface area contributed by atoms with Gasteiger partial charge in [-0.05, 0) is 6.07 Å². The number of nitrogens with zero attached hydrogens (tertiary/aromatic N) is 5. The molecule has 0 radical (unpaired) electrons. The average Bonchev–Trinajstić information content (AvgIpc) is 2.82. The van der Waals surface area contributed by atoms with E-state index in [-0.39, 0.29) is 0 Å². The first-order valence-electron chi connectivity index (χ1n) is 4.47. The van der Waals surface area contributed by atoms with Crippen LogP contribution in [0.3, 0.4) is 0 Å². The van der Waals surface area contributed by atoms with E-state index in [4.69, 9.17) is 5.73 Å². The number of imidazole rings is 1. The van der Waals surface area contributed by atoms with Crippen molar-refractivity contribution in [3.05, 3.63) is 37.4 Å². The highest BCUT2D eigenvalue weighted by Gasteiger charge is 1.99. The first-order chi connectivity index (χ1) is 7.88. The summed E-state index contributed by atoms with van der Waals surface area (Å²) >= 11 is 0. The third-order valence-corrected chi connectivity index (χ3v) is 1.73. The number of aromatic amines is 1. The number of hydrogen-bond donors (Lipinski definition) is 2. The van der Waals surface area contributed by atoms with E-state index >= 15 is 0 Å². The summed E-state index contributed by atoms with van der Waals surface area (Å²) in [7, 11) is 0. The van der Waals surface area contributed by atoms with Gasteiger partial charge in [0.05, 0.1) is 6.33 Å². The van der Waals surface area contributed by atoms with Crippen molar-refractivity contribution in [2.45, 2.75) is 0 Å². The Balaban J connectivity index is 0.000000138. The van der Waals surface area contributed by atoms with Gasteiger partial charge in [0.15, 0.2) is 11.5 Å². The van der Waals surface area contributed by atoms with Gasteiger partial charge in [0.2, 0.25) is 0 Å². The Labute approximate surface area is 90.8 Å². The van der Waals surface area contributed by atoms with Gasteiger partial charge in [-0.1, -0.05) is 0 Å². The molecule has 0 aliphatic carbocycles. The van der Waals surface area contributed by atoms with E-state index in [0.717, 1.165) is 0 Å². The second-order valence-corrected chi connectivity index (χ2v) is 2.76. The molecule has 0 aliphatic heterocycles. The molecule has 3 N–H and O–H groups in total. The maximum absolute atomic E-state index is 5.48. The molecule has 7 heteroatoms. The molecule has 0 saturated heterocycles. The molecule has 3 rings (SSSR count). The second-order valence-electron chi connectivity index (χ2n) is 2.76. The SMILES string of the molecule is Nc1ncnc2nc[nH]c12.c1cncnc1. The molecule has 7 nitrogen and oxygen atoms in total. The molecule has 80 valence electrons. The van der Waals surface area contributed by atoms with Crippen LogP contribution in [0, 0.1) is 0 Å². The average molecular weight is 215 g/mol. The minimum absolute atomic E-state index is 0.433. The molecule has 0 bridgehead atoms. The largest absolute Gasteiger partial charge is 0.382 e. The van der Waals surface area contributed by atoms with Gasteiger partial charge in [-0.25, -0.2) is 24.9 Å². The molecule has 0 spiro atoms. The van der Waals surface area contributed by atoms with E-state index in [1.54, 1.807) is 18.5 Å². The number of anilines is 1. The van der Waals surface area contributed by atoms with Gasteiger partial charge in [0, 0.05) is 12.4 Å². The van der Waals surface area contributed by atoms with E-state index in [2.05, 4.69) is 29.9 Å². The molecule has 16 heavy (non-hydrogen) atoms. The number of nitrogens with two attached hydrogens (primary N) is 1. The summed E-state index contributed by atoms with van der Waals surface area (Å²) in [4.78, 5) is 21.7. The van der Waals surface area contributed by atoms with Crippen molar-refractivity contribution in [3.8, 4) is 0 Å². The highest BCUT2D eigenvalue weighted by Crippen LogP contribution is 2.09. The smallest absolute Gasteiger partial charge is 0.182 e. The first kappa shape index (κ1) is 9.97. The Morgan fingerprint density at radius 3 is 2.38 bits per heavy atom. The van der Waals surface area contributed by atoms with E-state index in [0.29, 0.717) is 17.0 Å². The van der Waals surface area contributed by atoms with Crippen molar-refractivity contribution in [3.63, 3.8) is 0 Å². The summed E-state index contributed by atoms with van der Waals surface area (Å²) in [5.74, 6) is 0.433. The van der Waals surface area contributed by atoms with Crippen molar-refractivity contribution in [2.24, 2.45) is 0 Å². The third kappa shape index (κ3) is 2.27. The van der Waals surface area contributed by atoms with Crippen LogP contribution < -0.4 is 5.73 Å². The first-order valence-corrected chi connectivity index (χ1v) is 4.47. The summed E-state index contributed by atoms with van der Waals surface area (Å²) in [6, 6.07) is 1.78. The summed E-state index contributed by atoms with van der Waals surface area (Å²) in [5, 5.41) is 0. The summed E-state index contributed by atoms with van der Waals surface area (Å²) < 4.78 is 0. The molecule has 0 unspecified atom stereocenters. The molecule has 0 amide bonds. The number of nitrogen functional groups attached to an aromatic ring is 1. The lowest BCUT2D eigenvalue weighted by Crippen LogP contribution is -1.91. The zero-order valence-electron chi connectivity index (χ0n) is 8.28. The number of rotatable bonds is 0. The Morgan fingerprint density at radius 2 is 1.81 bits per heavy atom. The van der Waals surface area contributed by atoms with Gasteiger partial charge >= 0.3 is 0 Å². The van der Waals surface area contributed by atoms with Gasteiger partial charge in [0.25, 0.3) is 0 Å². The van der Waals surface area contributed by atoms with Crippen LogP contribution in [0.15, 0.2) is 37.4 Å². The molecule has 0 saturated carbocycles. The highest BCUT2D eigenvalue weighted by molar-refractivity contribution is 5.80. The predicted octanol–water partition coefficient (Wildman–Crippen LogP) is 0.412. The topological polar surface area (TPSA) is 106 Å². The predicted molar refractivity (Wildman–Crippen MR) is 58.1 cm³/mol. The summed E-state index contributed by atoms with van der Waals surface area (Å²) in [6.07, 6.45) is 7.80. The lowest BCUT2D eigenvalue weighted by Gasteiger charge is -1.89. The van der Waals surface area contributed by atoms with Crippen LogP contribution in [0.4, 0.5) is 5.82 Å². The van der Waals surface area contributed by atoms with Crippen molar-refractivity contribution < 1.29 is 0 Å². The van der Waals surface area contributed by atoms with E-state index in [1.807, 2.05) is 0 Å². The zero-order chi connectivity index (χ0) is 11.2. The maximum Gasteiger partial charge on any atom is 0.182 e. The second kappa shape index (κ2) is 4.78. The zero-order valence-corrected chi connectivity index (χ0v) is 8.28. The lowest BCUT2D eigenvalue weighted by atomic mass is 10.5.